The molecule has 0 spiro atoms. The van der Waals surface area contributed by atoms with E-state index in [4.69, 9.17) is 5.11 Å². The van der Waals surface area contributed by atoms with E-state index in [1.54, 1.807) is 0 Å². The summed E-state index contributed by atoms with van der Waals surface area (Å²) in [5, 5.41) is 28.8. The summed E-state index contributed by atoms with van der Waals surface area (Å²) < 4.78 is 0. The molecule has 3 N–H and O–H groups in total. The average molecular weight is 392 g/mol. The zero-order valence-electron chi connectivity index (χ0n) is 16.5. The standard InChI is InChI=1S/C22H24O2.C3H4O2/c23-19-7-3-1-5-17(19)21-16-10-14-9-15(11-16)13-22(21,12-14)18-6-2-4-8-20(18)24;1-2-3(4)5/h1-8,14-16,21,23-24H,9-13H2;2H,1H2,(H,4,5). The molecule has 4 nitrogen and oxygen atoms in total. The van der Waals surface area contributed by atoms with E-state index in [0.29, 0.717) is 23.3 Å². The van der Waals surface area contributed by atoms with E-state index in [9.17, 15) is 15.0 Å². The molecule has 4 bridgehead atoms. The minimum absolute atomic E-state index is 0.0150. The Labute approximate surface area is 171 Å². The van der Waals surface area contributed by atoms with Crippen molar-refractivity contribution in [2.45, 2.75) is 43.4 Å². The van der Waals surface area contributed by atoms with Crippen LogP contribution in [0.3, 0.4) is 0 Å². The summed E-state index contributed by atoms with van der Waals surface area (Å²) in [6.07, 6.45) is 7.06. The van der Waals surface area contributed by atoms with Crippen LogP contribution in [0.15, 0.2) is 61.2 Å². The monoisotopic (exact) mass is 392 g/mol. The molecular weight excluding hydrogens is 364 g/mol. The molecule has 0 amide bonds. The van der Waals surface area contributed by atoms with Gasteiger partial charge in [-0.15, -0.1) is 0 Å². The predicted molar refractivity (Wildman–Crippen MR) is 112 cm³/mol. The van der Waals surface area contributed by atoms with Gasteiger partial charge < -0.3 is 15.3 Å². The lowest BCUT2D eigenvalue weighted by molar-refractivity contribution is -0.131. The number of carbonyl (C=O) groups is 1. The minimum Gasteiger partial charge on any atom is -0.508 e. The summed E-state index contributed by atoms with van der Waals surface area (Å²) in [5.41, 5.74) is 2.18. The SMILES string of the molecule is C=CC(=O)O.Oc1ccccc1C1C2CC3CC(C2)CC1(c1ccccc1O)C3. The summed E-state index contributed by atoms with van der Waals surface area (Å²) in [6.45, 7) is 2.96. The first kappa shape index (κ1) is 19.6. The van der Waals surface area contributed by atoms with Gasteiger partial charge in [0.1, 0.15) is 11.5 Å². The van der Waals surface area contributed by atoms with Gasteiger partial charge in [-0.25, -0.2) is 4.79 Å². The van der Waals surface area contributed by atoms with Crippen LogP contribution in [-0.2, 0) is 10.2 Å². The molecule has 4 aliphatic carbocycles. The van der Waals surface area contributed by atoms with Gasteiger partial charge in [0.05, 0.1) is 0 Å². The average Bonchev–Trinajstić information content (AvgIpc) is 2.69. The van der Waals surface area contributed by atoms with E-state index >= 15 is 0 Å². The van der Waals surface area contributed by atoms with E-state index < -0.39 is 5.97 Å². The van der Waals surface area contributed by atoms with Gasteiger partial charge in [-0.2, -0.15) is 0 Å². The highest BCUT2D eigenvalue weighted by Gasteiger charge is 2.59. The maximum absolute atomic E-state index is 10.6. The largest absolute Gasteiger partial charge is 0.508 e. The fourth-order valence-electron chi connectivity index (χ4n) is 6.62. The Bertz CT molecular complexity index is 905. The quantitative estimate of drug-likeness (QED) is 0.626. The first-order chi connectivity index (χ1) is 13.9. The Hall–Kier alpha value is -2.75. The van der Waals surface area contributed by atoms with Crippen LogP contribution in [0.1, 0.15) is 49.1 Å². The molecule has 3 unspecified atom stereocenters. The highest BCUT2D eigenvalue weighted by Crippen LogP contribution is 2.68. The number of benzene rings is 2. The van der Waals surface area contributed by atoms with Gasteiger partial charge in [0.2, 0.25) is 0 Å². The molecule has 0 radical (unpaired) electrons. The molecule has 2 aromatic rings. The van der Waals surface area contributed by atoms with Gasteiger partial charge in [0.25, 0.3) is 0 Å². The van der Waals surface area contributed by atoms with Crippen LogP contribution in [0.25, 0.3) is 0 Å². The molecule has 152 valence electrons. The Morgan fingerprint density at radius 3 is 2.03 bits per heavy atom. The number of aliphatic carboxylic acids is 1. The molecule has 0 aromatic heterocycles. The Kier molecular flexibility index (Phi) is 5.12. The van der Waals surface area contributed by atoms with Crippen LogP contribution in [0.2, 0.25) is 0 Å². The third kappa shape index (κ3) is 3.41. The molecule has 4 aliphatic rings. The molecule has 6 rings (SSSR count). The van der Waals surface area contributed by atoms with Crippen LogP contribution in [0.5, 0.6) is 11.5 Å². The number of para-hydroxylation sites is 2. The summed E-state index contributed by atoms with van der Waals surface area (Å²) >= 11 is 0. The number of phenols is 2. The van der Waals surface area contributed by atoms with Gasteiger partial charge in [0, 0.05) is 23.0 Å². The number of aromatic hydroxyl groups is 2. The summed E-state index contributed by atoms with van der Waals surface area (Å²) in [7, 11) is 0. The van der Waals surface area contributed by atoms with Crippen LogP contribution < -0.4 is 0 Å². The zero-order chi connectivity index (χ0) is 20.6. The van der Waals surface area contributed by atoms with Crippen molar-refractivity contribution in [2.75, 3.05) is 0 Å². The van der Waals surface area contributed by atoms with Crippen molar-refractivity contribution in [1.82, 2.24) is 0 Å². The normalized spacial score (nSPS) is 31.6. The molecule has 3 atom stereocenters. The van der Waals surface area contributed by atoms with Crippen molar-refractivity contribution in [3.8, 4) is 11.5 Å². The first-order valence-corrected chi connectivity index (χ1v) is 10.4. The van der Waals surface area contributed by atoms with E-state index in [1.807, 2.05) is 30.3 Å². The van der Waals surface area contributed by atoms with E-state index in [-0.39, 0.29) is 5.41 Å². The fourth-order valence-corrected chi connectivity index (χ4v) is 6.62. The highest BCUT2D eigenvalue weighted by molar-refractivity contribution is 5.78. The molecular formula is C25H28O4. The maximum Gasteiger partial charge on any atom is 0.327 e. The second-order valence-corrected chi connectivity index (χ2v) is 8.86. The van der Waals surface area contributed by atoms with Crippen molar-refractivity contribution in [2.24, 2.45) is 17.8 Å². The Morgan fingerprint density at radius 2 is 1.48 bits per heavy atom. The van der Waals surface area contributed by atoms with Crippen LogP contribution in [-0.4, -0.2) is 21.3 Å². The number of hydrogen-bond acceptors (Lipinski definition) is 3. The molecule has 4 saturated carbocycles. The number of carboxylic acids is 1. The molecule has 0 saturated heterocycles. The van der Waals surface area contributed by atoms with Gasteiger partial charge >= 0.3 is 5.97 Å². The van der Waals surface area contributed by atoms with Gasteiger partial charge in [-0.1, -0.05) is 43.0 Å². The van der Waals surface area contributed by atoms with Gasteiger partial charge in [0.15, 0.2) is 0 Å². The van der Waals surface area contributed by atoms with E-state index in [1.165, 1.54) is 19.3 Å². The summed E-state index contributed by atoms with van der Waals surface area (Å²) in [5.74, 6) is 2.38. The second-order valence-electron chi connectivity index (χ2n) is 8.86. The van der Waals surface area contributed by atoms with Crippen molar-refractivity contribution in [3.05, 3.63) is 72.3 Å². The Balaban J connectivity index is 0.000000369. The van der Waals surface area contributed by atoms with Crippen LogP contribution >= 0.6 is 0 Å². The number of hydrogen-bond donors (Lipinski definition) is 3. The van der Waals surface area contributed by atoms with Crippen molar-refractivity contribution >= 4 is 5.97 Å². The van der Waals surface area contributed by atoms with Crippen molar-refractivity contribution < 1.29 is 20.1 Å². The number of carboxylic acid groups (broad SMARTS) is 1. The van der Waals surface area contributed by atoms with Gasteiger partial charge in [-0.3, -0.25) is 0 Å². The summed E-state index contributed by atoms with van der Waals surface area (Å²) in [6, 6.07) is 15.8. The first-order valence-electron chi connectivity index (χ1n) is 10.4. The zero-order valence-corrected chi connectivity index (χ0v) is 16.5. The topological polar surface area (TPSA) is 77.8 Å². The third-order valence-corrected chi connectivity index (χ3v) is 7.20. The van der Waals surface area contributed by atoms with Gasteiger partial charge in [-0.05, 0) is 67.6 Å². The van der Waals surface area contributed by atoms with E-state index in [0.717, 1.165) is 41.9 Å². The molecule has 4 fully saturated rings. The lowest BCUT2D eigenvalue weighted by Crippen LogP contribution is -2.53. The van der Waals surface area contributed by atoms with Crippen LogP contribution in [0, 0.1) is 17.8 Å². The number of rotatable bonds is 3. The lowest BCUT2D eigenvalue weighted by atomic mass is 9.42. The summed E-state index contributed by atoms with van der Waals surface area (Å²) in [4.78, 5) is 9.25. The van der Waals surface area contributed by atoms with Crippen LogP contribution in [0.4, 0.5) is 0 Å². The van der Waals surface area contributed by atoms with Crippen molar-refractivity contribution in [3.63, 3.8) is 0 Å². The van der Waals surface area contributed by atoms with Crippen molar-refractivity contribution in [1.29, 1.82) is 0 Å². The lowest BCUT2D eigenvalue weighted by Gasteiger charge is -2.62. The molecule has 29 heavy (non-hydrogen) atoms. The predicted octanol–water partition coefficient (Wildman–Crippen LogP) is 5.22. The third-order valence-electron chi connectivity index (χ3n) is 7.20. The molecule has 2 aromatic carbocycles. The molecule has 0 aliphatic heterocycles. The second kappa shape index (κ2) is 7.58. The highest BCUT2D eigenvalue weighted by atomic mass is 16.4. The maximum atomic E-state index is 10.6. The fraction of sp³-hybridized carbons (Fsp3) is 0.400. The molecule has 0 heterocycles. The van der Waals surface area contributed by atoms with E-state index in [2.05, 4.69) is 24.8 Å². The number of phenolic OH excluding ortho intramolecular Hbond substituents is 2. The minimum atomic E-state index is -0.981. The Morgan fingerprint density at radius 1 is 0.931 bits per heavy atom. The molecule has 4 heteroatoms. The smallest absolute Gasteiger partial charge is 0.327 e.